The molecule has 1 heterocycles. The molecule has 9 heteroatoms. The minimum absolute atomic E-state index is 0.0563. The zero-order chi connectivity index (χ0) is 17.2. The Labute approximate surface area is 139 Å². The van der Waals surface area contributed by atoms with Crippen LogP contribution in [0.1, 0.15) is 17.2 Å². The number of nitrogens with one attached hydrogen (secondary N) is 2. The number of aromatic nitrogens is 2. The number of amides is 1. The Morgan fingerprint density at radius 1 is 1.35 bits per heavy atom. The van der Waals surface area contributed by atoms with Gasteiger partial charge in [-0.3, -0.25) is 9.48 Å². The molecule has 2 rings (SSSR count). The number of halogens is 4. The van der Waals surface area contributed by atoms with Crippen LogP contribution in [0.5, 0.6) is 0 Å². The standard InChI is InChI=1S/C14H14BrF3N4O/c1-19-12(8-6-20-22(2)7-8)13(23)21-11-4-9(14(16,17)18)3-10(15)5-11/h3-7,12,19H,1-2H3,(H,21,23). The van der Waals surface area contributed by atoms with E-state index < -0.39 is 23.7 Å². The summed E-state index contributed by atoms with van der Waals surface area (Å²) in [5.74, 6) is -0.480. The Bertz CT molecular complexity index is 714. The molecule has 0 spiro atoms. The molecule has 0 aliphatic heterocycles. The molecule has 23 heavy (non-hydrogen) atoms. The molecule has 2 aromatic rings. The average Bonchev–Trinajstić information content (AvgIpc) is 2.84. The zero-order valence-corrected chi connectivity index (χ0v) is 13.9. The van der Waals surface area contributed by atoms with Crippen molar-refractivity contribution in [1.29, 1.82) is 0 Å². The average molecular weight is 391 g/mol. The van der Waals surface area contributed by atoms with Crippen LogP contribution in [0.3, 0.4) is 0 Å². The van der Waals surface area contributed by atoms with Crippen LogP contribution in [0.25, 0.3) is 0 Å². The molecule has 1 atom stereocenters. The van der Waals surface area contributed by atoms with E-state index in [1.807, 2.05) is 0 Å². The molecule has 0 radical (unpaired) electrons. The minimum atomic E-state index is -4.49. The van der Waals surface area contributed by atoms with Gasteiger partial charge in [0.2, 0.25) is 5.91 Å². The Hall–Kier alpha value is -1.87. The van der Waals surface area contributed by atoms with Crippen LogP contribution in [-0.4, -0.2) is 22.7 Å². The first kappa shape index (κ1) is 17.5. The van der Waals surface area contributed by atoms with Crippen molar-refractivity contribution in [3.63, 3.8) is 0 Å². The Morgan fingerprint density at radius 3 is 2.57 bits per heavy atom. The maximum atomic E-state index is 12.8. The van der Waals surface area contributed by atoms with Crippen molar-refractivity contribution in [3.8, 4) is 0 Å². The lowest BCUT2D eigenvalue weighted by molar-refractivity contribution is -0.137. The van der Waals surface area contributed by atoms with Crippen LogP contribution >= 0.6 is 15.9 Å². The first-order valence-electron chi connectivity index (χ1n) is 6.55. The highest BCUT2D eigenvalue weighted by atomic mass is 79.9. The van der Waals surface area contributed by atoms with Gasteiger partial charge >= 0.3 is 6.18 Å². The van der Waals surface area contributed by atoms with Gasteiger partial charge in [-0.15, -0.1) is 0 Å². The molecule has 0 aliphatic rings. The Morgan fingerprint density at radius 2 is 2.04 bits per heavy atom. The fraction of sp³-hybridized carbons (Fsp3) is 0.286. The fourth-order valence-electron chi connectivity index (χ4n) is 2.08. The number of nitrogens with zero attached hydrogens (tertiary/aromatic N) is 2. The molecule has 124 valence electrons. The van der Waals surface area contributed by atoms with Gasteiger partial charge in [-0.25, -0.2) is 0 Å². The van der Waals surface area contributed by atoms with E-state index in [9.17, 15) is 18.0 Å². The van der Waals surface area contributed by atoms with E-state index in [2.05, 4.69) is 31.7 Å². The quantitative estimate of drug-likeness (QED) is 0.843. The molecule has 1 aromatic carbocycles. The Kier molecular flexibility index (Phi) is 5.10. The maximum Gasteiger partial charge on any atom is 0.416 e. The topological polar surface area (TPSA) is 59.0 Å². The number of alkyl halides is 3. The summed E-state index contributed by atoms with van der Waals surface area (Å²) in [7, 11) is 3.29. The molecule has 0 saturated heterocycles. The van der Waals surface area contributed by atoms with E-state index >= 15 is 0 Å². The van der Waals surface area contributed by atoms with Gasteiger partial charge in [0.05, 0.1) is 11.8 Å². The number of rotatable bonds is 4. The molecule has 5 nitrogen and oxygen atoms in total. The van der Waals surface area contributed by atoms with Gasteiger partial charge in [0.15, 0.2) is 0 Å². The van der Waals surface area contributed by atoms with Gasteiger partial charge in [-0.1, -0.05) is 15.9 Å². The smallest absolute Gasteiger partial charge is 0.324 e. The van der Waals surface area contributed by atoms with Crippen LogP contribution in [0, 0.1) is 0 Å². The monoisotopic (exact) mass is 390 g/mol. The highest BCUT2D eigenvalue weighted by Crippen LogP contribution is 2.33. The third-order valence-corrected chi connectivity index (χ3v) is 3.56. The van der Waals surface area contributed by atoms with Gasteiger partial charge in [0.25, 0.3) is 0 Å². The first-order valence-corrected chi connectivity index (χ1v) is 7.34. The van der Waals surface area contributed by atoms with Gasteiger partial charge in [-0.2, -0.15) is 18.3 Å². The van der Waals surface area contributed by atoms with Gasteiger partial charge in [0, 0.05) is 29.0 Å². The van der Waals surface area contributed by atoms with Crippen molar-refractivity contribution in [2.75, 3.05) is 12.4 Å². The zero-order valence-electron chi connectivity index (χ0n) is 12.3. The number of benzene rings is 1. The Balaban J connectivity index is 2.24. The number of carbonyl (C=O) groups excluding carboxylic acids is 1. The largest absolute Gasteiger partial charge is 0.416 e. The molecule has 1 aromatic heterocycles. The third-order valence-electron chi connectivity index (χ3n) is 3.10. The maximum absolute atomic E-state index is 12.8. The molecular formula is C14H14BrF3N4O. The fourth-order valence-corrected chi connectivity index (χ4v) is 2.57. The summed E-state index contributed by atoms with van der Waals surface area (Å²) in [5.41, 5.74) is -0.177. The van der Waals surface area contributed by atoms with Crippen LogP contribution in [-0.2, 0) is 18.0 Å². The SMILES string of the molecule is CNC(C(=O)Nc1cc(Br)cc(C(F)(F)F)c1)c1cnn(C)c1. The summed E-state index contributed by atoms with van der Waals surface area (Å²) in [6.07, 6.45) is -1.32. The third kappa shape index (κ3) is 4.32. The van der Waals surface area contributed by atoms with Crippen molar-refractivity contribution < 1.29 is 18.0 Å². The number of anilines is 1. The van der Waals surface area contributed by atoms with Crippen molar-refractivity contribution in [2.24, 2.45) is 7.05 Å². The number of carbonyl (C=O) groups is 1. The molecule has 1 amide bonds. The second kappa shape index (κ2) is 6.71. The molecular weight excluding hydrogens is 377 g/mol. The van der Waals surface area contributed by atoms with E-state index in [0.717, 1.165) is 12.1 Å². The summed E-state index contributed by atoms with van der Waals surface area (Å²) in [4.78, 5) is 12.3. The summed E-state index contributed by atoms with van der Waals surface area (Å²) < 4.78 is 40.2. The van der Waals surface area contributed by atoms with E-state index in [-0.39, 0.29) is 10.2 Å². The van der Waals surface area contributed by atoms with Crippen LogP contribution in [0.2, 0.25) is 0 Å². The lowest BCUT2D eigenvalue weighted by atomic mass is 10.1. The van der Waals surface area contributed by atoms with Crippen molar-refractivity contribution >= 4 is 27.5 Å². The van der Waals surface area contributed by atoms with Crippen LogP contribution < -0.4 is 10.6 Å². The van der Waals surface area contributed by atoms with Crippen molar-refractivity contribution in [2.45, 2.75) is 12.2 Å². The van der Waals surface area contributed by atoms with Crippen molar-refractivity contribution in [3.05, 3.63) is 46.2 Å². The number of hydrogen-bond acceptors (Lipinski definition) is 3. The number of hydrogen-bond donors (Lipinski definition) is 2. The minimum Gasteiger partial charge on any atom is -0.324 e. The highest BCUT2D eigenvalue weighted by Gasteiger charge is 2.31. The predicted molar refractivity (Wildman–Crippen MR) is 82.8 cm³/mol. The number of aryl methyl sites for hydroxylation is 1. The van der Waals surface area contributed by atoms with Crippen LogP contribution in [0.15, 0.2) is 35.1 Å². The molecule has 0 saturated carbocycles. The summed E-state index contributed by atoms with van der Waals surface area (Å²) >= 11 is 3.02. The first-order chi connectivity index (χ1) is 10.7. The van der Waals surface area contributed by atoms with E-state index in [1.54, 1.807) is 20.3 Å². The summed E-state index contributed by atoms with van der Waals surface area (Å²) in [6.45, 7) is 0. The molecule has 0 aliphatic carbocycles. The van der Waals surface area contributed by atoms with E-state index in [1.165, 1.54) is 16.9 Å². The van der Waals surface area contributed by atoms with Crippen molar-refractivity contribution in [1.82, 2.24) is 15.1 Å². The van der Waals surface area contributed by atoms with Gasteiger partial charge in [-0.05, 0) is 25.2 Å². The van der Waals surface area contributed by atoms with E-state index in [4.69, 9.17) is 0 Å². The molecule has 2 N–H and O–H groups in total. The lowest BCUT2D eigenvalue weighted by Crippen LogP contribution is -2.30. The number of likely N-dealkylation sites (N-methyl/N-ethyl adjacent to an activating group) is 1. The van der Waals surface area contributed by atoms with Crippen LogP contribution in [0.4, 0.5) is 18.9 Å². The molecule has 0 fully saturated rings. The van der Waals surface area contributed by atoms with Gasteiger partial charge in [0.1, 0.15) is 6.04 Å². The van der Waals surface area contributed by atoms with E-state index in [0.29, 0.717) is 5.56 Å². The summed E-state index contributed by atoms with van der Waals surface area (Å²) in [6, 6.07) is 2.52. The lowest BCUT2D eigenvalue weighted by Gasteiger charge is -2.16. The normalized spacial score (nSPS) is 13.0. The second-order valence-corrected chi connectivity index (χ2v) is 5.80. The predicted octanol–water partition coefficient (Wildman–Crippen LogP) is 3.10. The summed E-state index contributed by atoms with van der Waals surface area (Å²) in [5, 5.41) is 9.27. The second-order valence-electron chi connectivity index (χ2n) is 4.88. The van der Waals surface area contributed by atoms with Gasteiger partial charge < -0.3 is 10.6 Å². The molecule has 1 unspecified atom stereocenters. The highest BCUT2D eigenvalue weighted by molar-refractivity contribution is 9.10. The molecule has 0 bridgehead atoms.